The van der Waals surface area contributed by atoms with E-state index in [4.69, 9.17) is 4.74 Å². The molecule has 0 aliphatic heterocycles. The summed E-state index contributed by atoms with van der Waals surface area (Å²) in [5, 5.41) is 9.28. The summed E-state index contributed by atoms with van der Waals surface area (Å²) in [4.78, 5) is 8.61. The van der Waals surface area contributed by atoms with Crippen molar-refractivity contribution in [2.24, 2.45) is 0 Å². The molecule has 2 heterocycles. The molecule has 4 heteroatoms. The molecule has 0 radical (unpaired) electrons. The van der Waals surface area contributed by atoms with E-state index in [0.29, 0.717) is 11.6 Å². The van der Waals surface area contributed by atoms with E-state index < -0.39 is 0 Å². The molecule has 0 aliphatic carbocycles. The van der Waals surface area contributed by atoms with E-state index >= 15 is 0 Å². The van der Waals surface area contributed by atoms with Crippen molar-refractivity contribution in [3.63, 3.8) is 0 Å². The SMILES string of the molecule is Cc1ccc(Oc2cc(CO)cc(C(C)C)n2)cn1. The molecule has 0 spiro atoms. The highest BCUT2D eigenvalue weighted by atomic mass is 16.5. The third-order valence-electron chi connectivity index (χ3n) is 2.76. The van der Waals surface area contributed by atoms with E-state index in [0.717, 1.165) is 17.0 Å². The summed E-state index contributed by atoms with van der Waals surface area (Å²) in [5.74, 6) is 1.41. The van der Waals surface area contributed by atoms with Crippen LogP contribution >= 0.6 is 0 Å². The minimum Gasteiger partial charge on any atom is -0.437 e. The lowest BCUT2D eigenvalue weighted by molar-refractivity contribution is 0.280. The Balaban J connectivity index is 2.28. The van der Waals surface area contributed by atoms with Crippen LogP contribution in [0.4, 0.5) is 0 Å². The topological polar surface area (TPSA) is 55.2 Å². The Bertz CT molecular complexity index is 551. The van der Waals surface area contributed by atoms with Crippen molar-refractivity contribution < 1.29 is 9.84 Å². The van der Waals surface area contributed by atoms with Crippen LogP contribution in [0.15, 0.2) is 30.5 Å². The van der Waals surface area contributed by atoms with Crippen LogP contribution in [0.2, 0.25) is 0 Å². The van der Waals surface area contributed by atoms with Gasteiger partial charge in [0.2, 0.25) is 5.88 Å². The Morgan fingerprint density at radius 1 is 1.26 bits per heavy atom. The summed E-state index contributed by atoms with van der Waals surface area (Å²) in [7, 11) is 0. The molecule has 0 saturated heterocycles. The molecule has 0 aromatic carbocycles. The summed E-state index contributed by atoms with van der Waals surface area (Å²) < 4.78 is 5.68. The standard InChI is InChI=1S/C15H18N2O2/c1-10(2)14-6-12(9-18)7-15(17-14)19-13-5-4-11(3)16-8-13/h4-8,10,18H,9H2,1-3H3. The van der Waals surface area contributed by atoms with Gasteiger partial charge in [0.05, 0.1) is 12.8 Å². The minimum absolute atomic E-state index is 0.0231. The zero-order chi connectivity index (χ0) is 13.8. The molecule has 2 rings (SSSR count). The number of pyridine rings is 2. The minimum atomic E-state index is -0.0231. The summed E-state index contributed by atoms with van der Waals surface area (Å²) in [5.41, 5.74) is 2.64. The van der Waals surface area contributed by atoms with Crippen LogP contribution in [0.1, 0.15) is 36.7 Å². The molecular formula is C15H18N2O2. The maximum atomic E-state index is 9.28. The highest BCUT2D eigenvalue weighted by Crippen LogP contribution is 2.23. The van der Waals surface area contributed by atoms with Gasteiger partial charge in [-0.2, -0.15) is 0 Å². The van der Waals surface area contributed by atoms with Crippen molar-refractivity contribution in [3.8, 4) is 11.6 Å². The number of aromatic nitrogens is 2. The quantitative estimate of drug-likeness (QED) is 0.915. The third-order valence-corrected chi connectivity index (χ3v) is 2.76. The van der Waals surface area contributed by atoms with E-state index in [1.165, 1.54) is 0 Å². The Morgan fingerprint density at radius 2 is 2.05 bits per heavy atom. The van der Waals surface area contributed by atoms with E-state index in [1.54, 1.807) is 12.3 Å². The number of aryl methyl sites for hydroxylation is 1. The lowest BCUT2D eigenvalue weighted by Crippen LogP contribution is -1.99. The Morgan fingerprint density at radius 3 is 2.63 bits per heavy atom. The predicted molar refractivity (Wildman–Crippen MR) is 73.3 cm³/mol. The summed E-state index contributed by atoms with van der Waals surface area (Å²) in [6.45, 7) is 6.01. The normalized spacial score (nSPS) is 10.8. The van der Waals surface area contributed by atoms with Gasteiger partial charge in [0.15, 0.2) is 0 Å². The summed E-state index contributed by atoms with van der Waals surface area (Å²) in [6, 6.07) is 7.37. The number of hydrogen-bond acceptors (Lipinski definition) is 4. The van der Waals surface area contributed by atoms with Crippen molar-refractivity contribution in [2.45, 2.75) is 33.3 Å². The number of ether oxygens (including phenoxy) is 1. The maximum Gasteiger partial charge on any atom is 0.219 e. The first kappa shape index (κ1) is 13.5. The monoisotopic (exact) mass is 258 g/mol. The third kappa shape index (κ3) is 3.51. The van der Waals surface area contributed by atoms with Crippen molar-refractivity contribution in [2.75, 3.05) is 0 Å². The van der Waals surface area contributed by atoms with Crippen LogP contribution in [0.3, 0.4) is 0 Å². The van der Waals surface area contributed by atoms with Crippen LogP contribution in [0.25, 0.3) is 0 Å². The van der Waals surface area contributed by atoms with Gasteiger partial charge in [-0.15, -0.1) is 0 Å². The molecule has 0 unspecified atom stereocenters. The second kappa shape index (κ2) is 5.80. The lowest BCUT2D eigenvalue weighted by atomic mass is 10.1. The number of rotatable bonds is 4. The van der Waals surface area contributed by atoms with Crippen LogP contribution in [0, 0.1) is 6.92 Å². The molecule has 100 valence electrons. The lowest BCUT2D eigenvalue weighted by Gasteiger charge is -2.11. The first-order valence-corrected chi connectivity index (χ1v) is 6.30. The fourth-order valence-corrected chi connectivity index (χ4v) is 1.66. The number of nitrogens with zero attached hydrogens (tertiary/aromatic N) is 2. The van der Waals surface area contributed by atoms with Crippen LogP contribution in [0.5, 0.6) is 11.6 Å². The number of hydrogen-bond donors (Lipinski definition) is 1. The molecule has 0 amide bonds. The zero-order valence-corrected chi connectivity index (χ0v) is 11.4. The van der Waals surface area contributed by atoms with Crippen molar-refractivity contribution in [1.82, 2.24) is 9.97 Å². The van der Waals surface area contributed by atoms with E-state index in [-0.39, 0.29) is 12.5 Å². The van der Waals surface area contributed by atoms with Gasteiger partial charge in [-0.3, -0.25) is 4.98 Å². The van der Waals surface area contributed by atoms with Gasteiger partial charge in [-0.05, 0) is 36.6 Å². The Labute approximate surface area is 113 Å². The average molecular weight is 258 g/mol. The summed E-state index contributed by atoms with van der Waals surface area (Å²) in [6.07, 6.45) is 1.66. The van der Waals surface area contributed by atoms with E-state index in [9.17, 15) is 5.11 Å². The summed E-state index contributed by atoms with van der Waals surface area (Å²) >= 11 is 0. The second-order valence-electron chi connectivity index (χ2n) is 4.79. The number of aliphatic hydroxyl groups is 1. The van der Waals surface area contributed by atoms with Crippen molar-refractivity contribution in [1.29, 1.82) is 0 Å². The molecule has 0 aliphatic rings. The largest absolute Gasteiger partial charge is 0.437 e. The van der Waals surface area contributed by atoms with Gasteiger partial charge in [0, 0.05) is 17.5 Å². The molecule has 2 aromatic heterocycles. The van der Waals surface area contributed by atoms with Gasteiger partial charge in [-0.1, -0.05) is 13.8 Å². The van der Waals surface area contributed by atoms with Crippen molar-refractivity contribution in [3.05, 3.63) is 47.4 Å². The molecule has 4 nitrogen and oxygen atoms in total. The van der Waals surface area contributed by atoms with Crippen LogP contribution in [-0.4, -0.2) is 15.1 Å². The van der Waals surface area contributed by atoms with Gasteiger partial charge >= 0.3 is 0 Å². The van der Waals surface area contributed by atoms with Gasteiger partial charge in [0.25, 0.3) is 0 Å². The number of aliphatic hydroxyl groups excluding tert-OH is 1. The molecule has 19 heavy (non-hydrogen) atoms. The second-order valence-corrected chi connectivity index (χ2v) is 4.79. The molecule has 0 fully saturated rings. The highest BCUT2D eigenvalue weighted by Gasteiger charge is 2.07. The van der Waals surface area contributed by atoms with Gasteiger partial charge in [-0.25, -0.2) is 4.98 Å². The van der Waals surface area contributed by atoms with Crippen molar-refractivity contribution >= 4 is 0 Å². The predicted octanol–water partition coefficient (Wildman–Crippen LogP) is 3.19. The molecule has 1 N–H and O–H groups in total. The first-order chi connectivity index (χ1) is 9.08. The Hall–Kier alpha value is -1.94. The fraction of sp³-hybridized carbons (Fsp3) is 0.333. The molecule has 0 atom stereocenters. The van der Waals surface area contributed by atoms with E-state index in [1.807, 2.05) is 25.1 Å². The molecule has 0 bridgehead atoms. The highest BCUT2D eigenvalue weighted by molar-refractivity contribution is 5.30. The van der Waals surface area contributed by atoms with Gasteiger partial charge in [0.1, 0.15) is 5.75 Å². The van der Waals surface area contributed by atoms with E-state index in [2.05, 4.69) is 23.8 Å². The molecule has 0 saturated carbocycles. The zero-order valence-electron chi connectivity index (χ0n) is 11.4. The smallest absolute Gasteiger partial charge is 0.219 e. The fourth-order valence-electron chi connectivity index (χ4n) is 1.66. The maximum absolute atomic E-state index is 9.28. The first-order valence-electron chi connectivity index (χ1n) is 6.30. The molecular weight excluding hydrogens is 240 g/mol. The van der Waals surface area contributed by atoms with Gasteiger partial charge < -0.3 is 9.84 Å². The molecule has 2 aromatic rings. The average Bonchev–Trinajstić information content (AvgIpc) is 2.41. The Kier molecular flexibility index (Phi) is 4.12. The van der Waals surface area contributed by atoms with Crippen LogP contribution in [-0.2, 0) is 6.61 Å². The van der Waals surface area contributed by atoms with Crippen LogP contribution < -0.4 is 4.74 Å².